The highest BCUT2D eigenvalue weighted by molar-refractivity contribution is 7.92. The van der Waals surface area contributed by atoms with Crippen molar-refractivity contribution >= 4 is 15.7 Å². The summed E-state index contributed by atoms with van der Waals surface area (Å²) in [5.74, 6) is -1.22. The van der Waals surface area contributed by atoms with E-state index in [0.29, 0.717) is 18.4 Å². The molecule has 0 aromatic heterocycles. The first-order valence-corrected chi connectivity index (χ1v) is 10.2. The van der Waals surface area contributed by atoms with Crippen LogP contribution in [-0.2, 0) is 27.6 Å². The number of benzene rings is 2. The SMILES string of the molecule is O=C(CS(=O)(=O)CCCc1ccccc1)NCc1ccc(OC(F)F)cc1. The van der Waals surface area contributed by atoms with Gasteiger partial charge in [-0.05, 0) is 36.1 Å². The zero-order chi connectivity index (χ0) is 19.7. The molecule has 5 nitrogen and oxygen atoms in total. The van der Waals surface area contributed by atoms with Crippen LogP contribution in [0.3, 0.4) is 0 Å². The van der Waals surface area contributed by atoms with Gasteiger partial charge >= 0.3 is 6.61 Å². The van der Waals surface area contributed by atoms with Crippen molar-refractivity contribution in [2.45, 2.75) is 26.0 Å². The summed E-state index contributed by atoms with van der Waals surface area (Å²) >= 11 is 0. The van der Waals surface area contributed by atoms with E-state index in [0.717, 1.165) is 5.56 Å². The number of sulfone groups is 1. The summed E-state index contributed by atoms with van der Waals surface area (Å²) in [7, 11) is -3.49. The van der Waals surface area contributed by atoms with Crippen LogP contribution >= 0.6 is 0 Å². The number of hydrogen-bond acceptors (Lipinski definition) is 4. The number of rotatable bonds is 10. The van der Waals surface area contributed by atoms with Crippen LogP contribution in [0.4, 0.5) is 8.78 Å². The summed E-state index contributed by atoms with van der Waals surface area (Å²) in [6.45, 7) is -2.80. The second-order valence-corrected chi connectivity index (χ2v) is 8.16. The smallest absolute Gasteiger partial charge is 0.387 e. The Morgan fingerprint density at radius 3 is 2.30 bits per heavy atom. The fourth-order valence-electron chi connectivity index (χ4n) is 2.45. The summed E-state index contributed by atoms with van der Waals surface area (Å²) in [6, 6.07) is 15.3. The number of alkyl halides is 2. The number of hydrogen-bond donors (Lipinski definition) is 1. The van der Waals surface area contributed by atoms with Gasteiger partial charge in [-0.3, -0.25) is 4.79 Å². The summed E-state index contributed by atoms with van der Waals surface area (Å²) < 4.78 is 52.5. The van der Waals surface area contributed by atoms with Crippen molar-refractivity contribution in [1.29, 1.82) is 0 Å². The standard InChI is InChI=1S/C19H21F2NO4S/c20-19(21)26-17-10-8-16(9-11-17)13-22-18(23)14-27(24,25)12-4-7-15-5-2-1-3-6-15/h1-3,5-6,8-11,19H,4,7,12-14H2,(H,22,23). The minimum atomic E-state index is -3.49. The molecule has 0 saturated heterocycles. The lowest BCUT2D eigenvalue weighted by atomic mass is 10.1. The number of amides is 1. The summed E-state index contributed by atoms with van der Waals surface area (Å²) in [4.78, 5) is 11.9. The van der Waals surface area contributed by atoms with E-state index < -0.39 is 28.1 Å². The average Bonchev–Trinajstić information content (AvgIpc) is 2.61. The quantitative estimate of drug-likeness (QED) is 0.669. The van der Waals surface area contributed by atoms with Crippen LogP contribution in [0, 0.1) is 0 Å². The van der Waals surface area contributed by atoms with Crippen molar-refractivity contribution in [2.75, 3.05) is 11.5 Å². The Morgan fingerprint density at radius 2 is 1.67 bits per heavy atom. The van der Waals surface area contributed by atoms with Crippen molar-refractivity contribution < 1.29 is 26.7 Å². The minimum absolute atomic E-state index is 0.0149. The lowest BCUT2D eigenvalue weighted by Gasteiger charge is -2.08. The van der Waals surface area contributed by atoms with E-state index in [9.17, 15) is 22.0 Å². The van der Waals surface area contributed by atoms with Gasteiger partial charge in [-0.2, -0.15) is 8.78 Å². The van der Waals surface area contributed by atoms with E-state index in [4.69, 9.17) is 0 Å². The molecule has 0 atom stereocenters. The van der Waals surface area contributed by atoms with Crippen molar-refractivity contribution in [3.05, 3.63) is 65.7 Å². The molecule has 146 valence electrons. The fraction of sp³-hybridized carbons (Fsp3) is 0.316. The first-order chi connectivity index (χ1) is 12.8. The molecule has 0 aliphatic rings. The summed E-state index contributed by atoms with van der Waals surface area (Å²) in [6.07, 6.45) is 1.08. The Hall–Kier alpha value is -2.48. The van der Waals surface area contributed by atoms with Gasteiger partial charge in [0.25, 0.3) is 0 Å². The van der Waals surface area contributed by atoms with Crippen LogP contribution in [0.25, 0.3) is 0 Å². The van der Waals surface area contributed by atoms with Crippen LogP contribution in [0.2, 0.25) is 0 Å². The Labute approximate surface area is 157 Å². The van der Waals surface area contributed by atoms with Gasteiger partial charge in [-0.25, -0.2) is 8.42 Å². The summed E-state index contributed by atoms with van der Waals surface area (Å²) in [5.41, 5.74) is 1.70. The van der Waals surface area contributed by atoms with Crippen LogP contribution < -0.4 is 10.1 Å². The predicted molar refractivity (Wildman–Crippen MR) is 98.3 cm³/mol. The molecule has 1 N–H and O–H groups in total. The zero-order valence-corrected chi connectivity index (χ0v) is 15.4. The van der Waals surface area contributed by atoms with E-state index in [1.807, 2.05) is 30.3 Å². The van der Waals surface area contributed by atoms with Crippen LogP contribution in [0.15, 0.2) is 54.6 Å². The molecule has 0 unspecified atom stereocenters. The molecule has 2 rings (SSSR count). The zero-order valence-electron chi connectivity index (χ0n) is 14.6. The number of ether oxygens (including phenoxy) is 1. The molecular formula is C19H21F2NO4S. The third-order valence-electron chi connectivity index (χ3n) is 3.75. The Bertz CT molecular complexity index is 825. The normalized spacial score (nSPS) is 11.4. The van der Waals surface area contributed by atoms with Gasteiger partial charge in [-0.1, -0.05) is 42.5 Å². The van der Waals surface area contributed by atoms with E-state index in [2.05, 4.69) is 10.1 Å². The molecule has 0 radical (unpaired) electrons. The molecule has 0 aliphatic heterocycles. The molecule has 27 heavy (non-hydrogen) atoms. The number of aryl methyl sites for hydroxylation is 1. The lowest BCUT2D eigenvalue weighted by molar-refractivity contribution is -0.118. The van der Waals surface area contributed by atoms with Gasteiger partial charge < -0.3 is 10.1 Å². The molecule has 0 bridgehead atoms. The highest BCUT2D eigenvalue weighted by Gasteiger charge is 2.16. The molecular weight excluding hydrogens is 376 g/mol. The van der Waals surface area contributed by atoms with Gasteiger partial charge in [0.15, 0.2) is 9.84 Å². The second kappa shape index (κ2) is 10.0. The maximum Gasteiger partial charge on any atom is 0.387 e. The molecule has 0 saturated carbocycles. The van der Waals surface area contributed by atoms with Gasteiger partial charge in [0.1, 0.15) is 11.5 Å². The highest BCUT2D eigenvalue weighted by atomic mass is 32.2. The summed E-state index contributed by atoms with van der Waals surface area (Å²) in [5, 5.41) is 2.52. The number of carbonyl (C=O) groups is 1. The molecule has 8 heteroatoms. The molecule has 1 amide bonds. The van der Waals surface area contributed by atoms with Gasteiger partial charge in [0, 0.05) is 6.54 Å². The first kappa shape index (κ1) is 20.8. The average molecular weight is 397 g/mol. The molecule has 2 aromatic carbocycles. The van der Waals surface area contributed by atoms with E-state index >= 15 is 0 Å². The molecule has 0 spiro atoms. The Balaban J connectivity index is 1.73. The maximum atomic E-state index is 12.1. The monoisotopic (exact) mass is 397 g/mol. The largest absolute Gasteiger partial charge is 0.435 e. The second-order valence-electron chi connectivity index (χ2n) is 5.98. The third-order valence-corrected chi connectivity index (χ3v) is 5.37. The van der Waals surface area contributed by atoms with Crippen molar-refractivity contribution in [3.63, 3.8) is 0 Å². The Morgan fingerprint density at radius 1 is 1.00 bits per heavy atom. The minimum Gasteiger partial charge on any atom is -0.435 e. The molecule has 0 heterocycles. The third kappa shape index (κ3) is 8.17. The van der Waals surface area contributed by atoms with E-state index in [-0.39, 0.29) is 18.0 Å². The van der Waals surface area contributed by atoms with Crippen molar-refractivity contribution in [2.24, 2.45) is 0 Å². The number of nitrogens with one attached hydrogen (secondary N) is 1. The maximum absolute atomic E-state index is 12.1. The molecule has 0 fully saturated rings. The Kier molecular flexibility index (Phi) is 7.72. The van der Waals surface area contributed by atoms with Crippen LogP contribution in [-0.4, -0.2) is 32.4 Å². The lowest BCUT2D eigenvalue weighted by Crippen LogP contribution is -2.31. The number of carbonyl (C=O) groups excluding carboxylic acids is 1. The number of halogens is 2. The molecule has 0 aliphatic carbocycles. The first-order valence-electron chi connectivity index (χ1n) is 8.39. The predicted octanol–water partition coefficient (Wildman–Crippen LogP) is 2.95. The topological polar surface area (TPSA) is 72.5 Å². The van der Waals surface area contributed by atoms with Gasteiger partial charge in [-0.15, -0.1) is 0 Å². The van der Waals surface area contributed by atoms with Crippen LogP contribution in [0.5, 0.6) is 5.75 Å². The van der Waals surface area contributed by atoms with Crippen molar-refractivity contribution in [1.82, 2.24) is 5.32 Å². The van der Waals surface area contributed by atoms with Gasteiger partial charge in [0.05, 0.1) is 5.75 Å². The highest BCUT2D eigenvalue weighted by Crippen LogP contribution is 2.14. The molecule has 2 aromatic rings. The van der Waals surface area contributed by atoms with Gasteiger partial charge in [0.2, 0.25) is 5.91 Å². The van der Waals surface area contributed by atoms with E-state index in [1.165, 1.54) is 24.3 Å². The van der Waals surface area contributed by atoms with E-state index in [1.54, 1.807) is 0 Å². The van der Waals surface area contributed by atoms with Crippen LogP contribution in [0.1, 0.15) is 17.5 Å². The van der Waals surface area contributed by atoms with Crippen molar-refractivity contribution in [3.8, 4) is 5.75 Å². The fourth-order valence-corrected chi connectivity index (χ4v) is 3.68.